The summed E-state index contributed by atoms with van der Waals surface area (Å²) in [6, 6.07) is 5.50. The average Bonchev–Trinajstić information content (AvgIpc) is 2.18. The van der Waals surface area contributed by atoms with Crippen LogP contribution in [-0.2, 0) is 0 Å². The van der Waals surface area contributed by atoms with Gasteiger partial charge in [0.05, 0.1) is 5.56 Å². The van der Waals surface area contributed by atoms with Crippen LogP contribution in [0.2, 0.25) is 0 Å². The van der Waals surface area contributed by atoms with E-state index in [2.05, 4.69) is 12.2 Å². The van der Waals surface area contributed by atoms with Gasteiger partial charge in [0.1, 0.15) is 0 Å². The smallest absolute Gasteiger partial charge is 0.253 e. The molecule has 0 aliphatic carbocycles. The Morgan fingerprint density at radius 2 is 2.20 bits per heavy atom. The van der Waals surface area contributed by atoms with E-state index in [4.69, 9.17) is 5.73 Å². The minimum absolute atomic E-state index is 0.0703. The molecule has 1 rings (SSSR count). The van der Waals surface area contributed by atoms with Crippen molar-refractivity contribution in [3.05, 3.63) is 29.3 Å². The number of nitrogens with two attached hydrogens (primary N) is 1. The molecule has 15 heavy (non-hydrogen) atoms. The molecule has 0 saturated carbocycles. The Morgan fingerprint density at radius 3 is 2.80 bits per heavy atom. The van der Waals surface area contributed by atoms with Crippen LogP contribution in [0.15, 0.2) is 18.2 Å². The van der Waals surface area contributed by atoms with Crippen molar-refractivity contribution in [1.82, 2.24) is 5.32 Å². The first-order valence-electron chi connectivity index (χ1n) is 5.30. The summed E-state index contributed by atoms with van der Waals surface area (Å²) >= 11 is 0. The molecule has 82 valence electrons. The fourth-order valence-electron chi connectivity index (χ4n) is 1.47. The molecule has 0 aliphatic rings. The number of hydrogen-bond donors (Lipinski definition) is 2. The van der Waals surface area contributed by atoms with Gasteiger partial charge in [0.2, 0.25) is 0 Å². The third-order valence-corrected chi connectivity index (χ3v) is 2.35. The second-order valence-corrected chi connectivity index (χ2v) is 3.65. The summed E-state index contributed by atoms with van der Waals surface area (Å²) in [5.74, 6) is -0.0703. The van der Waals surface area contributed by atoms with E-state index in [0.29, 0.717) is 17.8 Å². The van der Waals surface area contributed by atoms with Crippen LogP contribution in [0, 0.1) is 6.92 Å². The van der Waals surface area contributed by atoms with Gasteiger partial charge in [-0.25, -0.2) is 0 Å². The molecule has 0 atom stereocenters. The van der Waals surface area contributed by atoms with Crippen molar-refractivity contribution < 1.29 is 4.79 Å². The van der Waals surface area contributed by atoms with Crippen LogP contribution in [0.4, 0.5) is 5.69 Å². The summed E-state index contributed by atoms with van der Waals surface area (Å²) in [4.78, 5) is 11.8. The Morgan fingerprint density at radius 1 is 1.47 bits per heavy atom. The molecule has 0 heterocycles. The standard InChI is InChI=1S/C12H18N2O/c1-3-4-8-14-12(15)11-9(2)6-5-7-10(11)13/h5-7H,3-4,8,13H2,1-2H3,(H,14,15). The van der Waals surface area contributed by atoms with Crippen molar-refractivity contribution in [3.8, 4) is 0 Å². The molecule has 0 aromatic heterocycles. The van der Waals surface area contributed by atoms with Crippen LogP contribution in [0.25, 0.3) is 0 Å². The monoisotopic (exact) mass is 206 g/mol. The molecule has 0 saturated heterocycles. The molecule has 0 aliphatic heterocycles. The molecule has 0 unspecified atom stereocenters. The molecule has 0 spiro atoms. The molecule has 1 aromatic carbocycles. The number of carbonyl (C=O) groups excluding carboxylic acids is 1. The lowest BCUT2D eigenvalue weighted by molar-refractivity contribution is 0.0953. The van der Waals surface area contributed by atoms with E-state index >= 15 is 0 Å². The van der Waals surface area contributed by atoms with Gasteiger partial charge in [-0.1, -0.05) is 25.5 Å². The van der Waals surface area contributed by atoms with Gasteiger partial charge in [-0.15, -0.1) is 0 Å². The quantitative estimate of drug-likeness (QED) is 0.585. The van der Waals surface area contributed by atoms with E-state index in [-0.39, 0.29) is 5.91 Å². The number of nitrogens with one attached hydrogen (secondary N) is 1. The third kappa shape index (κ3) is 2.98. The summed E-state index contributed by atoms with van der Waals surface area (Å²) in [7, 11) is 0. The first-order chi connectivity index (χ1) is 7.16. The van der Waals surface area contributed by atoms with Gasteiger partial charge in [0.25, 0.3) is 5.91 Å². The largest absolute Gasteiger partial charge is 0.398 e. The highest BCUT2D eigenvalue weighted by Gasteiger charge is 2.11. The highest BCUT2D eigenvalue weighted by molar-refractivity contribution is 6.00. The summed E-state index contributed by atoms with van der Waals surface area (Å²) < 4.78 is 0. The number of benzene rings is 1. The topological polar surface area (TPSA) is 55.1 Å². The van der Waals surface area contributed by atoms with E-state index in [1.807, 2.05) is 19.1 Å². The highest BCUT2D eigenvalue weighted by Crippen LogP contribution is 2.15. The SMILES string of the molecule is CCCCNC(=O)c1c(C)cccc1N. The lowest BCUT2D eigenvalue weighted by Gasteiger charge is -2.09. The highest BCUT2D eigenvalue weighted by atomic mass is 16.1. The van der Waals surface area contributed by atoms with E-state index in [1.165, 1.54) is 0 Å². The molecule has 0 radical (unpaired) electrons. The summed E-state index contributed by atoms with van der Waals surface area (Å²) in [5.41, 5.74) is 7.84. The second-order valence-electron chi connectivity index (χ2n) is 3.65. The van der Waals surface area contributed by atoms with Gasteiger partial charge in [-0.2, -0.15) is 0 Å². The van der Waals surface area contributed by atoms with Crippen LogP contribution < -0.4 is 11.1 Å². The normalized spacial score (nSPS) is 10.0. The van der Waals surface area contributed by atoms with Crippen molar-refractivity contribution in [2.45, 2.75) is 26.7 Å². The first kappa shape index (κ1) is 11.6. The number of unbranched alkanes of at least 4 members (excludes halogenated alkanes) is 1. The molecule has 1 aromatic rings. The zero-order valence-electron chi connectivity index (χ0n) is 9.34. The number of anilines is 1. The van der Waals surface area contributed by atoms with Crippen molar-refractivity contribution in [1.29, 1.82) is 0 Å². The Balaban J connectivity index is 2.73. The molecule has 0 fully saturated rings. The lowest BCUT2D eigenvalue weighted by Crippen LogP contribution is -2.26. The van der Waals surface area contributed by atoms with E-state index < -0.39 is 0 Å². The number of rotatable bonds is 4. The van der Waals surface area contributed by atoms with Gasteiger partial charge < -0.3 is 11.1 Å². The third-order valence-electron chi connectivity index (χ3n) is 2.35. The fraction of sp³-hybridized carbons (Fsp3) is 0.417. The van der Waals surface area contributed by atoms with Gasteiger partial charge in [0.15, 0.2) is 0 Å². The second kappa shape index (κ2) is 5.39. The Labute approximate surface area is 90.7 Å². The summed E-state index contributed by atoms with van der Waals surface area (Å²) in [6.45, 7) is 4.70. The van der Waals surface area contributed by atoms with Gasteiger partial charge in [-0.3, -0.25) is 4.79 Å². The molecule has 1 amide bonds. The number of hydrogen-bond acceptors (Lipinski definition) is 2. The average molecular weight is 206 g/mol. The Bertz CT molecular complexity index is 327. The fourth-order valence-corrected chi connectivity index (χ4v) is 1.47. The maximum atomic E-state index is 11.8. The lowest BCUT2D eigenvalue weighted by atomic mass is 10.1. The van der Waals surface area contributed by atoms with Crippen molar-refractivity contribution in [2.24, 2.45) is 0 Å². The van der Waals surface area contributed by atoms with Crippen molar-refractivity contribution in [3.63, 3.8) is 0 Å². The Hall–Kier alpha value is -1.51. The zero-order chi connectivity index (χ0) is 11.3. The molecular weight excluding hydrogens is 188 g/mol. The minimum Gasteiger partial charge on any atom is -0.398 e. The number of amides is 1. The molecule has 3 N–H and O–H groups in total. The number of aryl methyl sites for hydroxylation is 1. The van der Waals surface area contributed by atoms with Gasteiger partial charge in [0, 0.05) is 12.2 Å². The van der Waals surface area contributed by atoms with Crippen LogP contribution in [0.1, 0.15) is 35.7 Å². The molecule has 3 nitrogen and oxygen atoms in total. The molecular formula is C12H18N2O. The van der Waals surface area contributed by atoms with Crippen LogP contribution in [0.3, 0.4) is 0 Å². The minimum atomic E-state index is -0.0703. The number of nitrogen functional groups attached to an aromatic ring is 1. The van der Waals surface area contributed by atoms with E-state index in [1.54, 1.807) is 6.07 Å². The van der Waals surface area contributed by atoms with Gasteiger partial charge in [-0.05, 0) is 25.0 Å². The van der Waals surface area contributed by atoms with Gasteiger partial charge >= 0.3 is 0 Å². The number of carbonyl (C=O) groups is 1. The molecule has 0 bridgehead atoms. The van der Waals surface area contributed by atoms with E-state index in [9.17, 15) is 4.79 Å². The predicted molar refractivity (Wildman–Crippen MR) is 62.8 cm³/mol. The van der Waals surface area contributed by atoms with Crippen LogP contribution >= 0.6 is 0 Å². The van der Waals surface area contributed by atoms with Crippen molar-refractivity contribution in [2.75, 3.05) is 12.3 Å². The van der Waals surface area contributed by atoms with Crippen LogP contribution in [-0.4, -0.2) is 12.5 Å². The maximum Gasteiger partial charge on any atom is 0.253 e. The zero-order valence-corrected chi connectivity index (χ0v) is 9.34. The molecule has 3 heteroatoms. The summed E-state index contributed by atoms with van der Waals surface area (Å²) in [6.07, 6.45) is 2.07. The maximum absolute atomic E-state index is 11.8. The van der Waals surface area contributed by atoms with Crippen molar-refractivity contribution >= 4 is 11.6 Å². The van der Waals surface area contributed by atoms with Crippen LogP contribution in [0.5, 0.6) is 0 Å². The Kier molecular flexibility index (Phi) is 4.16. The first-order valence-corrected chi connectivity index (χ1v) is 5.30. The van der Waals surface area contributed by atoms with E-state index in [0.717, 1.165) is 18.4 Å². The predicted octanol–water partition coefficient (Wildman–Crippen LogP) is 2.11. The summed E-state index contributed by atoms with van der Waals surface area (Å²) in [5, 5.41) is 2.86.